The van der Waals surface area contributed by atoms with Crippen LogP contribution in [0.25, 0.3) is 0 Å². The van der Waals surface area contributed by atoms with Crippen LogP contribution in [0.2, 0.25) is 0 Å². The third-order valence-electron chi connectivity index (χ3n) is 11.8. The van der Waals surface area contributed by atoms with Crippen molar-refractivity contribution >= 4 is 24.0 Å². The zero-order chi connectivity index (χ0) is 25.1. The molecule has 0 aromatic heterocycles. The van der Waals surface area contributed by atoms with Crippen molar-refractivity contribution in [1.82, 2.24) is 0 Å². The molecule has 0 nitrogen and oxygen atoms in total. The van der Waals surface area contributed by atoms with Crippen LogP contribution in [0.4, 0.5) is 0 Å². The number of fused-ring (bicyclic) bond motifs is 5. The first-order chi connectivity index (χ1) is 16.1. The maximum Gasteiger partial charge on any atom is 2.00 e. The minimum Gasteiger partial charge on any atom is -0.358 e. The van der Waals surface area contributed by atoms with Crippen LogP contribution in [0.1, 0.15) is 144 Å². The molecule has 3 saturated carbocycles. The topological polar surface area (TPSA) is 0 Å². The van der Waals surface area contributed by atoms with Crippen molar-refractivity contribution in [3.05, 3.63) is 31.4 Å². The van der Waals surface area contributed by atoms with Gasteiger partial charge in [-0.25, -0.2) is 0 Å². The average Bonchev–Trinajstić information content (AvgIpc) is 3.16. The van der Waals surface area contributed by atoms with E-state index in [2.05, 4.69) is 74.8 Å². The molecular formula is C35H70IU2-. The van der Waals surface area contributed by atoms with Gasteiger partial charge in [0, 0.05) is 35.4 Å². The smallest absolute Gasteiger partial charge is 0.358 e. The Kier molecular flexibility index (Phi) is 21.4. The number of hydrogen-bond donors (Lipinski definition) is 0. The zero-order valence-electron chi connectivity index (χ0n) is 27.1. The van der Waals surface area contributed by atoms with Gasteiger partial charge in [0.25, 0.3) is 0 Å². The van der Waals surface area contributed by atoms with E-state index in [1.807, 2.05) is 5.57 Å². The summed E-state index contributed by atoms with van der Waals surface area (Å²) in [7, 11) is 0. The van der Waals surface area contributed by atoms with Gasteiger partial charge in [-0.15, -0.1) is 24.0 Å². The molecule has 0 aromatic carbocycles. The van der Waals surface area contributed by atoms with Gasteiger partial charge in [0.1, 0.15) is 0 Å². The van der Waals surface area contributed by atoms with Crippen LogP contribution in [0.5, 0.6) is 0 Å². The molecule has 4 aliphatic carbocycles. The van der Waals surface area contributed by atoms with Gasteiger partial charge in [-0.05, 0) is 90.8 Å². The number of rotatable bonds is 7. The van der Waals surface area contributed by atoms with Gasteiger partial charge in [0.2, 0.25) is 0 Å². The fourth-order valence-electron chi connectivity index (χ4n) is 9.14. The van der Waals surface area contributed by atoms with Gasteiger partial charge < -0.3 is 19.8 Å². The van der Waals surface area contributed by atoms with E-state index in [0.29, 0.717) is 10.8 Å². The van der Waals surface area contributed by atoms with Gasteiger partial charge in [-0.2, -0.15) is 33.1 Å². The third kappa shape index (κ3) is 9.54. The van der Waals surface area contributed by atoms with Crippen molar-refractivity contribution in [2.45, 2.75) is 139 Å². The summed E-state index contributed by atoms with van der Waals surface area (Å²) in [5.74, 6) is 8.16. The molecule has 0 N–H and O–H groups in total. The molecule has 38 heavy (non-hydrogen) atoms. The summed E-state index contributed by atoms with van der Waals surface area (Å²) in [6, 6.07) is 0. The molecule has 4 aliphatic rings. The van der Waals surface area contributed by atoms with Crippen molar-refractivity contribution in [2.24, 2.45) is 52.3 Å². The van der Waals surface area contributed by atoms with Crippen molar-refractivity contribution in [3.63, 3.8) is 0 Å². The largest absolute Gasteiger partial charge is 2.00 e. The van der Waals surface area contributed by atoms with Gasteiger partial charge in [-0.3, -0.25) is 0 Å². The molecule has 0 amide bonds. The van der Waals surface area contributed by atoms with Crippen LogP contribution in [-0.2, 0) is 0 Å². The first-order valence-corrected chi connectivity index (χ1v) is 15.4. The number of hydrogen-bond acceptors (Lipinski definition) is 0. The summed E-state index contributed by atoms with van der Waals surface area (Å²) in [5.41, 5.74) is 2.98. The van der Waals surface area contributed by atoms with E-state index in [9.17, 15) is 0 Å². The molecule has 8 atom stereocenters. The second-order valence-corrected chi connectivity index (χ2v) is 14.0. The predicted octanol–water partition coefficient (Wildman–Crippen LogP) is 12.7. The van der Waals surface area contributed by atoms with Crippen LogP contribution < -0.4 is 0 Å². The minimum absolute atomic E-state index is 0. The standard InChI is InChI=1S/C29H49.C5H11.CH3.HI.2U.3H2/c1-7-22(20(2)3)12-11-21(4)25-15-16-26-24-14-13-23-10-8-9-18-28(23,5)27(24)17-19-29(25,26)6;1-4-5(2)3;;;;;;;/h8,13,20-22,24-27H,7,9-12,14-19H2,1-6H3;4H2,1-3H3;1H3;1H;;;3*1H/q3*-1;;;+2;;;/t21-,22-,24+,25?,26?,27?,28+,29-;;;;;;;;/m1......../s1. The van der Waals surface area contributed by atoms with Crippen molar-refractivity contribution in [2.75, 3.05) is 0 Å². The van der Waals surface area contributed by atoms with Crippen LogP contribution in [0, 0.1) is 134 Å². The molecule has 3 fully saturated rings. The van der Waals surface area contributed by atoms with Gasteiger partial charge >= 0.3 is 31.1 Å². The van der Waals surface area contributed by atoms with E-state index in [1.54, 1.807) is 0 Å². The molecule has 0 aliphatic heterocycles. The Morgan fingerprint density at radius 3 is 2.21 bits per heavy atom. The minimum atomic E-state index is 0. The molecule has 0 aromatic rings. The molecule has 0 bridgehead atoms. The average molecular weight is 1090 g/mol. The van der Waals surface area contributed by atoms with Gasteiger partial charge in [0.05, 0.1) is 0 Å². The van der Waals surface area contributed by atoms with E-state index in [0.717, 1.165) is 41.4 Å². The summed E-state index contributed by atoms with van der Waals surface area (Å²) in [4.78, 5) is 0. The van der Waals surface area contributed by atoms with Crippen LogP contribution in [0.3, 0.4) is 0 Å². The zero-order valence-corrected chi connectivity index (χ0v) is 37.7. The summed E-state index contributed by atoms with van der Waals surface area (Å²) >= 11 is 0. The molecule has 3 unspecified atom stereocenters. The Labute approximate surface area is 310 Å². The van der Waals surface area contributed by atoms with E-state index in [4.69, 9.17) is 0 Å². The van der Waals surface area contributed by atoms with E-state index in [1.165, 1.54) is 83.0 Å². The van der Waals surface area contributed by atoms with Crippen LogP contribution in [0.15, 0.2) is 11.6 Å². The van der Waals surface area contributed by atoms with Crippen molar-refractivity contribution in [1.29, 1.82) is 0 Å². The van der Waals surface area contributed by atoms with Crippen LogP contribution >= 0.6 is 24.0 Å². The second kappa shape index (κ2) is 19.1. The summed E-state index contributed by atoms with van der Waals surface area (Å²) < 4.78 is 0. The normalized spacial score (nSPS) is 34.8. The third-order valence-corrected chi connectivity index (χ3v) is 11.8. The fraction of sp³-hybridized carbons (Fsp3) is 0.857. The summed E-state index contributed by atoms with van der Waals surface area (Å²) in [6.07, 6.45) is 22.3. The number of halogens is 1. The van der Waals surface area contributed by atoms with Gasteiger partial charge in [-0.1, -0.05) is 79.4 Å². The predicted molar refractivity (Wildman–Crippen MR) is 180 cm³/mol. The van der Waals surface area contributed by atoms with Gasteiger partial charge in [0.15, 0.2) is 0 Å². The summed E-state index contributed by atoms with van der Waals surface area (Å²) in [6.45, 7) is 21.7. The molecule has 4 rings (SSSR count). The Balaban J connectivity index is -0.000000333. The van der Waals surface area contributed by atoms with Crippen molar-refractivity contribution in [3.8, 4) is 0 Å². The molecular weight excluding hydrogens is 1020 g/mol. The molecule has 0 spiro atoms. The molecule has 226 valence electrons. The SMILES string of the molecule is CC[C-](C)C.CC[C@H](CC[C@@H](C)C1CCC2[C@@H]3CC=C4C[CH-]CC[C@]4(C)C3CC[C@@]21C)C(C)C.I.[CH3-].[HH].[HH].[HH].[U+2].[U]. The first kappa shape index (κ1) is 42.7. The maximum absolute atomic E-state index is 2.73. The van der Waals surface area contributed by atoms with E-state index in [-0.39, 0.29) is 97.9 Å². The van der Waals surface area contributed by atoms with Crippen molar-refractivity contribution < 1.29 is 66.5 Å². The Bertz CT molecular complexity index is 688. The Morgan fingerprint density at radius 2 is 1.66 bits per heavy atom. The first-order valence-electron chi connectivity index (χ1n) is 15.4. The molecule has 0 heterocycles. The fourth-order valence-corrected chi connectivity index (χ4v) is 9.14. The number of allylic oxidation sites excluding steroid dienone is 2. The molecule has 0 radical (unpaired) electrons. The second-order valence-electron chi connectivity index (χ2n) is 14.0. The van der Waals surface area contributed by atoms with E-state index >= 15 is 0 Å². The Morgan fingerprint density at radius 1 is 1.03 bits per heavy atom. The Hall–Kier alpha value is 2.57. The van der Waals surface area contributed by atoms with E-state index < -0.39 is 0 Å². The monoisotopic (exact) mass is 1090 g/mol. The molecule has 3 heteroatoms. The molecule has 0 saturated heterocycles. The maximum atomic E-state index is 2.73. The quantitative estimate of drug-likeness (QED) is 0.135. The summed E-state index contributed by atoms with van der Waals surface area (Å²) in [5, 5.41) is 0. The van der Waals surface area contributed by atoms with Crippen LogP contribution in [-0.4, -0.2) is 0 Å².